The van der Waals surface area contributed by atoms with Crippen molar-refractivity contribution in [3.63, 3.8) is 0 Å². The molecule has 0 radical (unpaired) electrons. The Hall–Kier alpha value is -6.92. The maximum Gasteiger partial charge on any atom is 0.322 e. The molecule has 1 atom stereocenters. The molecule has 0 saturated carbocycles. The largest absolute Gasteiger partial charge is 0.480 e. The summed E-state index contributed by atoms with van der Waals surface area (Å²) >= 11 is 0. The molecular formula is C54H66N6O16. The van der Waals surface area contributed by atoms with E-state index in [9.17, 15) is 39.7 Å². The second kappa shape index (κ2) is 30.0. The number of nitrogens with zero attached hydrogens (tertiary/aromatic N) is 4. The van der Waals surface area contributed by atoms with Crippen LogP contribution in [0.4, 0.5) is 34.1 Å². The Morgan fingerprint density at radius 1 is 0.711 bits per heavy atom. The highest BCUT2D eigenvalue weighted by atomic mass is 16.6. The molecule has 0 amide bonds. The Labute approximate surface area is 439 Å². The smallest absolute Gasteiger partial charge is 0.322 e. The molecule has 2 heterocycles. The SMILES string of the molecule is O=C(O)CNc1cccc(Nc2cc(N3CCC[C@@H](C(=O)CCCCOCCOCCOCCOCCOCCOCCOCCCCc4ccc([N+](=O)[O-])cc4[N+](=O)[O-])C3)c3noc4c3c2C(=O)c2ccccc2-4)c1. The van der Waals surface area contributed by atoms with Crippen LogP contribution >= 0.6 is 0 Å². The number of nitrogens with one attached hydrogen (secondary N) is 2. The van der Waals surface area contributed by atoms with Gasteiger partial charge in [-0.15, -0.1) is 0 Å². The summed E-state index contributed by atoms with van der Waals surface area (Å²) in [5.41, 5.74) is 4.70. The summed E-state index contributed by atoms with van der Waals surface area (Å²) in [5, 5.41) is 42.8. The number of benzene rings is 4. The number of carbonyl (C=O) groups excluding carboxylic acids is 2. The summed E-state index contributed by atoms with van der Waals surface area (Å²) in [6.45, 7) is 7.07. The number of unbranched alkanes of at least 4 members (excludes halogenated alkanes) is 2. The van der Waals surface area contributed by atoms with Gasteiger partial charge in [-0.1, -0.05) is 35.5 Å². The second-order valence-corrected chi connectivity index (χ2v) is 18.2. The third-order valence-corrected chi connectivity index (χ3v) is 12.8. The molecule has 5 aromatic rings. The average Bonchev–Trinajstić information content (AvgIpc) is 3.89. The fourth-order valence-electron chi connectivity index (χ4n) is 9.08. The van der Waals surface area contributed by atoms with Crippen LogP contribution in [0.5, 0.6) is 0 Å². The molecule has 0 unspecified atom stereocenters. The van der Waals surface area contributed by atoms with E-state index in [1.807, 2.05) is 30.3 Å². The minimum Gasteiger partial charge on any atom is -0.480 e. The summed E-state index contributed by atoms with van der Waals surface area (Å²) in [6, 6.07) is 20.1. The Balaban J connectivity index is 0.692. The van der Waals surface area contributed by atoms with E-state index in [0.29, 0.717) is 194 Å². The fourth-order valence-corrected chi connectivity index (χ4v) is 9.08. The third-order valence-electron chi connectivity index (χ3n) is 12.8. The van der Waals surface area contributed by atoms with E-state index in [0.717, 1.165) is 31.0 Å². The van der Waals surface area contributed by atoms with Gasteiger partial charge >= 0.3 is 5.97 Å². The second-order valence-electron chi connectivity index (χ2n) is 18.2. The van der Waals surface area contributed by atoms with E-state index in [1.54, 1.807) is 24.3 Å². The van der Waals surface area contributed by atoms with Gasteiger partial charge in [0.25, 0.3) is 11.4 Å². The number of fused-ring (bicyclic) bond motifs is 2. The van der Waals surface area contributed by atoms with Crippen molar-refractivity contribution in [1.29, 1.82) is 0 Å². The molecule has 22 nitrogen and oxygen atoms in total. The molecule has 1 aromatic heterocycles. The van der Waals surface area contributed by atoms with Gasteiger partial charge in [0.15, 0.2) is 11.5 Å². The Kier molecular flexibility index (Phi) is 22.4. The maximum absolute atomic E-state index is 14.2. The van der Waals surface area contributed by atoms with Gasteiger partial charge in [-0.2, -0.15) is 0 Å². The minimum atomic E-state index is -0.983. The number of aromatic nitrogens is 1. The maximum atomic E-state index is 14.2. The van der Waals surface area contributed by atoms with Crippen molar-refractivity contribution >= 4 is 62.6 Å². The third kappa shape index (κ3) is 16.5. The Morgan fingerprint density at radius 2 is 1.32 bits per heavy atom. The van der Waals surface area contributed by atoms with Crippen molar-refractivity contribution in [2.75, 3.05) is 128 Å². The molecule has 7 rings (SSSR count). The summed E-state index contributed by atoms with van der Waals surface area (Å²) in [6.07, 6.45) is 5.27. The zero-order chi connectivity index (χ0) is 53.5. The van der Waals surface area contributed by atoms with Gasteiger partial charge in [0.05, 0.1) is 118 Å². The van der Waals surface area contributed by atoms with Crippen LogP contribution in [-0.4, -0.2) is 150 Å². The molecule has 4 aromatic carbocycles. The number of piperidine rings is 1. The first-order valence-corrected chi connectivity index (χ1v) is 25.8. The number of rotatable bonds is 37. The van der Waals surface area contributed by atoms with Gasteiger partial charge in [0, 0.05) is 72.8 Å². The molecule has 1 fully saturated rings. The molecule has 1 aliphatic heterocycles. The number of aliphatic carboxylic acids is 1. The predicted octanol–water partition coefficient (Wildman–Crippen LogP) is 8.19. The lowest BCUT2D eigenvalue weighted by Crippen LogP contribution is -2.39. The van der Waals surface area contributed by atoms with Crippen LogP contribution in [0.3, 0.4) is 0 Å². The van der Waals surface area contributed by atoms with Crippen LogP contribution in [0.2, 0.25) is 0 Å². The number of Topliss-reactive ketones (excluding diaryl/α,β-unsaturated/α-hetero) is 1. The summed E-state index contributed by atoms with van der Waals surface area (Å²) < 4.78 is 45.0. The van der Waals surface area contributed by atoms with Gasteiger partial charge < -0.3 is 58.3 Å². The van der Waals surface area contributed by atoms with Crippen LogP contribution in [0.15, 0.2) is 77.3 Å². The zero-order valence-corrected chi connectivity index (χ0v) is 42.5. The zero-order valence-electron chi connectivity index (χ0n) is 42.5. The highest BCUT2D eigenvalue weighted by molar-refractivity contribution is 6.29. The number of ketones is 2. The number of non-ortho nitro benzene ring substituents is 1. The van der Waals surface area contributed by atoms with E-state index in [2.05, 4.69) is 20.7 Å². The lowest BCUT2D eigenvalue weighted by molar-refractivity contribution is -0.394. The highest BCUT2D eigenvalue weighted by Crippen LogP contribution is 2.47. The normalized spacial score (nSPS) is 14.0. The molecule has 2 aliphatic rings. The van der Waals surface area contributed by atoms with Crippen LogP contribution in [0.25, 0.3) is 22.2 Å². The van der Waals surface area contributed by atoms with Crippen molar-refractivity contribution < 1.29 is 67.0 Å². The molecule has 3 N–H and O–H groups in total. The van der Waals surface area contributed by atoms with Crippen molar-refractivity contribution in [1.82, 2.24) is 5.16 Å². The predicted molar refractivity (Wildman–Crippen MR) is 281 cm³/mol. The number of anilines is 4. The summed E-state index contributed by atoms with van der Waals surface area (Å²) in [4.78, 5) is 62.1. The fraction of sp³-hybridized carbons (Fsp3) is 0.481. The van der Waals surface area contributed by atoms with Gasteiger partial charge in [0.1, 0.15) is 17.8 Å². The number of carboxylic acids is 1. The monoisotopic (exact) mass is 1050 g/mol. The lowest BCUT2D eigenvalue weighted by Gasteiger charge is -2.34. The molecule has 22 heteroatoms. The average molecular weight is 1060 g/mol. The van der Waals surface area contributed by atoms with Crippen LogP contribution in [0.1, 0.15) is 66.4 Å². The number of carbonyl (C=O) groups is 3. The first-order chi connectivity index (χ1) is 37.1. The first-order valence-electron chi connectivity index (χ1n) is 25.8. The highest BCUT2D eigenvalue weighted by Gasteiger charge is 2.35. The van der Waals surface area contributed by atoms with E-state index < -0.39 is 15.8 Å². The molecule has 0 bridgehead atoms. The number of hydrogen-bond acceptors (Lipinski definition) is 19. The number of nitro groups is 2. The van der Waals surface area contributed by atoms with E-state index in [4.69, 9.17) is 37.7 Å². The molecule has 0 spiro atoms. The van der Waals surface area contributed by atoms with Gasteiger partial charge in [-0.25, -0.2) is 0 Å². The van der Waals surface area contributed by atoms with Crippen molar-refractivity contribution in [3.8, 4) is 11.3 Å². The molecule has 1 aliphatic carbocycles. The van der Waals surface area contributed by atoms with Crippen molar-refractivity contribution in [3.05, 3.63) is 110 Å². The Bertz CT molecular complexity index is 2730. The van der Waals surface area contributed by atoms with Crippen molar-refractivity contribution in [2.45, 2.75) is 51.4 Å². The van der Waals surface area contributed by atoms with E-state index in [1.165, 1.54) is 12.1 Å². The van der Waals surface area contributed by atoms with E-state index in [-0.39, 0.29) is 35.4 Å². The van der Waals surface area contributed by atoms with Gasteiger partial charge in [-0.3, -0.25) is 34.6 Å². The van der Waals surface area contributed by atoms with Gasteiger partial charge in [0.2, 0.25) is 0 Å². The number of aryl methyl sites for hydroxylation is 1. The lowest BCUT2D eigenvalue weighted by atomic mass is 9.85. The summed E-state index contributed by atoms with van der Waals surface area (Å²) in [7, 11) is 0. The quantitative estimate of drug-likeness (QED) is 0.0188. The Morgan fingerprint density at radius 3 is 1.93 bits per heavy atom. The summed E-state index contributed by atoms with van der Waals surface area (Å²) in [5.74, 6) is -0.581. The molecule has 408 valence electrons. The number of hydrogen-bond donors (Lipinski definition) is 3. The standard InChI is InChI=1S/C54H66N6O16/c61-48(15-4-6-20-70-22-24-72-26-28-74-30-32-75-31-29-73-27-25-71-23-21-69-19-5-3-9-38-16-17-42(59(65)66)34-46(38)60(67)68)39-10-8-18-58(37-39)47-35-45(56-41-12-7-11-40(33-41)55-36-49(62)63)50-51-52(47)57-76-54(51)44-14-2-1-13-43(44)53(50)64/h1-2,7,11-14,16-17,33-35,39,55-56H,3-6,8-10,15,18-32,36-37H2,(H,62,63)/t39-/m1/s1. The van der Waals surface area contributed by atoms with Crippen molar-refractivity contribution in [2.24, 2.45) is 5.92 Å². The molecule has 76 heavy (non-hydrogen) atoms. The number of carboxylic acid groups (broad SMARTS) is 1. The van der Waals surface area contributed by atoms with Crippen LogP contribution in [-0.2, 0) is 49.2 Å². The minimum absolute atomic E-state index is 0.160. The van der Waals surface area contributed by atoms with E-state index >= 15 is 0 Å². The number of nitro benzene ring substituents is 2. The molecule has 1 saturated heterocycles. The number of ether oxygens (including phenoxy) is 7. The van der Waals surface area contributed by atoms with Crippen LogP contribution in [0, 0.1) is 26.1 Å². The topological polar surface area (TPSA) is 276 Å². The van der Waals surface area contributed by atoms with Gasteiger partial charge in [-0.05, 0) is 75.3 Å². The molecular weight excluding hydrogens is 989 g/mol. The first kappa shape index (κ1) is 56.8. The van der Waals surface area contributed by atoms with Crippen LogP contribution < -0.4 is 15.5 Å².